The van der Waals surface area contributed by atoms with Crippen molar-refractivity contribution in [2.75, 3.05) is 25.1 Å². The van der Waals surface area contributed by atoms with Crippen molar-refractivity contribution in [2.24, 2.45) is 13.0 Å². The van der Waals surface area contributed by atoms with Gasteiger partial charge in [-0.15, -0.1) is 5.10 Å². The minimum Gasteiger partial charge on any atom is -0.476 e. The van der Waals surface area contributed by atoms with Gasteiger partial charge in [-0.2, -0.15) is 0 Å². The summed E-state index contributed by atoms with van der Waals surface area (Å²) >= 11 is 0. The van der Waals surface area contributed by atoms with Crippen LogP contribution in [0.5, 0.6) is 5.88 Å². The highest BCUT2D eigenvalue weighted by Gasteiger charge is 2.19. The number of ether oxygens (including phenoxy) is 2. The second-order valence-corrected chi connectivity index (χ2v) is 6.59. The van der Waals surface area contributed by atoms with Crippen molar-refractivity contribution in [3.8, 4) is 5.88 Å². The molecule has 1 saturated heterocycles. The van der Waals surface area contributed by atoms with Gasteiger partial charge in [0.25, 0.3) is 5.91 Å². The van der Waals surface area contributed by atoms with Crippen molar-refractivity contribution in [1.82, 2.24) is 9.78 Å². The lowest BCUT2D eigenvalue weighted by Crippen LogP contribution is -2.12. The van der Waals surface area contributed by atoms with E-state index >= 15 is 0 Å². The number of carbonyl (C=O) groups excluding carboxylic acids is 1. The van der Waals surface area contributed by atoms with Gasteiger partial charge in [0.15, 0.2) is 5.76 Å². The van der Waals surface area contributed by atoms with E-state index in [2.05, 4.69) is 10.4 Å². The molecular weight excluding hydrogens is 334 g/mol. The number of anilines is 1. The number of benzene rings is 1. The van der Waals surface area contributed by atoms with Crippen molar-refractivity contribution in [2.45, 2.75) is 13.3 Å². The maximum Gasteiger partial charge on any atom is 0.291 e. The maximum absolute atomic E-state index is 12.3. The number of furan rings is 1. The summed E-state index contributed by atoms with van der Waals surface area (Å²) in [6, 6.07) is 7.39. The molecule has 1 aromatic carbocycles. The van der Waals surface area contributed by atoms with Crippen LogP contribution in [0.1, 0.15) is 22.5 Å². The molecule has 1 N–H and O–H groups in total. The average Bonchev–Trinajstić information content (AvgIpc) is 3.35. The van der Waals surface area contributed by atoms with Gasteiger partial charge in [0.1, 0.15) is 0 Å². The van der Waals surface area contributed by atoms with E-state index in [1.807, 2.05) is 32.2 Å². The molecule has 4 rings (SSSR count). The highest BCUT2D eigenvalue weighted by atomic mass is 16.5. The third kappa shape index (κ3) is 3.17. The van der Waals surface area contributed by atoms with Crippen LogP contribution in [0, 0.1) is 12.8 Å². The van der Waals surface area contributed by atoms with Crippen molar-refractivity contribution in [1.29, 1.82) is 0 Å². The summed E-state index contributed by atoms with van der Waals surface area (Å²) in [5.41, 5.74) is 2.37. The Labute approximate surface area is 150 Å². The normalized spacial score (nSPS) is 16.9. The molecule has 0 radical (unpaired) electrons. The van der Waals surface area contributed by atoms with Crippen molar-refractivity contribution >= 4 is 22.5 Å². The Kier molecular flexibility index (Phi) is 4.38. The summed E-state index contributed by atoms with van der Waals surface area (Å²) in [6.45, 7) is 3.98. The topological polar surface area (TPSA) is 78.5 Å². The van der Waals surface area contributed by atoms with Gasteiger partial charge in [0.2, 0.25) is 5.88 Å². The molecular formula is C19H21N3O4. The number of carbonyl (C=O) groups is 1. The summed E-state index contributed by atoms with van der Waals surface area (Å²) in [5, 5.41) is 8.23. The number of hydrogen-bond donors (Lipinski definition) is 1. The summed E-state index contributed by atoms with van der Waals surface area (Å²) in [5.74, 6) is 1.07. The molecule has 3 aromatic rings. The molecule has 7 heteroatoms. The first-order valence-electron chi connectivity index (χ1n) is 8.64. The molecule has 1 amide bonds. The Morgan fingerprint density at radius 3 is 3.04 bits per heavy atom. The Balaban J connectivity index is 1.52. The molecule has 0 spiro atoms. The maximum atomic E-state index is 12.3. The molecule has 7 nitrogen and oxygen atoms in total. The van der Waals surface area contributed by atoms with Crippen LogP contribution in [0.4, 0.5) is 5.69 Å². The number of aromatic nitrogens is 2. The van der Waals surface area contributed by atoms with E-state index in [-0.39, 0.29) is 5.91 Å². The first-order valence-corrected chi connectivity index (χ1v) is 8.64. The fraction of sp³-hybridized carbons (Fsp3) is 0.368. The molecule has 0 bridgehead atoms. The average molecular weight is 355 g/mol. The van der Waals surface area contributed by atoms with Crippen LogP contribution in [0.3, 0.4) is 0 Å². The zero-order valence-corrected chi connectivity index (χ0v) is 14.8. The van der Waals surface area contributed by atoms with Gasteiger partial charge >= 0.3 is 0 Å². The van der Waals surface area contributed by atoms with Gasteiger partial charge in [0, 0.05) is 30.8 Å². The molecule has 0 saturated carbocycles. The smallest absolute Gasteiger partial charge is 0.291 e. The van der Waals surface area contributed by atoms with Crippen LogP contribution >= 0.6 is 0 Å². The van der Waals surface area contributed by atoms with Crippen molar-refractivity contribution in [3.05, 3.63) is 41.9 Å². The Bertz CT molecular complexity index is 938. The molecule has 1 fully saturated rings. The zero-order chi connectivity index (χ0) is 18.1. The van der Waals surface area contributed by atoms with Gasteiger partial charge in [-0.05, 0) is 37.6 Å². The molecule has 1 unspecified atom stereocenters. The fourth-order valence-electron chi connectivity index (χ4n) is 3.11. The van der Waals surface area contributed by atoms with Crippen LogP contribution < -0.4 is 10.1 Å². The van der Waals surface area contributed by atoms with Gasteiger partial charge in [0.05, 0.1) is 30.4 Å². The van der Waals surface area contributed by atoms with Crippen molar-refractivity contribution in [3.63, 3.8) is 0 Å². The number of fused-ring (bicyclic) bond motifs is 1. The second-order valence-electron chi connectivity index (χ2n) is 6.59. The molecule has 1 atom stereocenters. The van der Waals surface area contributed by atoms with E-state index in [1.165, 1.54) is 6.26 Å². The van der Waals surface area contributed by atoms with Crippen LogP contribution in [-0.2, 0) is 11.8 Å². The Hall–Kier alpha value is -2.80. The van der Waals surface area contributed by atoms with E-state index in [4.69, 9.17) is 13.9 Å². The summed E-state index contributed by atoms with van der Waals surface area (Å²) in [6.07, 6.45) is 2.53. The molecule has 26 heavy (non-hydrogen) atoms. The lowest BCUT2D eigenvalue weighted by Gasteiger charge is -2.08. The minimum atomic E-state index is -0.272. The second kappa shape index (κ2) is 6.84. The summed E-state index contributed by atoms with van der Waals surface area (Å²) < 4.78 is 18.3. The first-order chi connectivity index (χ1) is 12.6. The van der Waals surface area contributed by atoms with Gasteiger partial charge in [-0.25, -0.2) is 0 Å². The Morgan fingerprint density at radius 2 is 2.31 bits per heavy atom. The third-order valence-corrected chi connectivity index (χ3v) is 4.62. The lowest BCUT2D eigenvalue weighted by molar-refractivity contribution is 0.0996. The molecule has 3 heterocycles. The number of nitrogens with one attached hydrogen (secondary N) is 1. The lowest BCUT2D eigenvalue weighted by atomic mass is 10.1. The molecule has 0 aliphatic carbocycles. The van der Waals surface area contributed by atoms with E-state index in [0.717, 1.165) is 36.1 Å². The molecule has 1 aliphatic heterocycles. The molecule has 2 aromatic heterocycles. The SMILES string of the molecule is Cc1ccoc1C(=O)Nc1ccc2c(OCC3CCOC3)nn(C)c2c1. The summed E-state index contributed by atoms with van der Waals surface area (Å²) in [4.78, 5) is 12.3. The standard InChI is InChI=1S/C19H21N3O4/c1-12-5-8-25-17(12)18(23)20-14-3-4-15-16(9-14)22(2)21-19(15)26-11-13-6-7-24-10-13/h3-5,8-9,13H,6-7,10-11H2,1-2H3,(H,20,23). The van der Waals surface area contributed by atoms with Crippen molar-refractivity contribution < 1.29 is 18.7 Å². The van der Waals surface area contributed by atoms with E-state index in [0.29, 0.717) is 29.9 Å². The van der Waals surface area contributed by atoms with E-state index in [9.17, 15) is 4.79 Å². The third-order valence-electron chi connectivity index (χ3n) is 4.62. The fourth-order valence-corrected chi connectivity index (χ4v) is 3.11. The van der Waals surface area contributed by atoms with E-state index < -0.39 is 0 Å². The summed E-state index contributed by atoms with van der Waals surface area (Å²) in [7, 11) is 1.86. The quantitative estimate of drug-likeness (QED) is 0.761. The highest BCUT2D eigenvalue weighted by molar-refractivity contribution is 6.04. The van der Waals surface area contributed by atoms with Gasteiger partial charge in [-0.1, -0.05) is 0 Å². The number of hydrogen-bond acceptors (Lipinski definition) is 5. The largest absolute Gasteiger partial charge is 0.476 e. The van der Waals surface area contributed by atoms with Crippen LogP contribution in [-0.4, -0.2) is 35.5 Å². The number of nitrogens with zero attached hydrogens (tertiary/aromatic N) is 2. The number of aryl methyl sites for hydroxylation is 2. The van der Waals surface area contributed by atoms with Gasteiger partial charge < -0.3 is 19.2 Å². The number of amides is 1. The highest BCUT2D eigenvalue weighted by Crippen LogP contribution is 2.28. The van der Waals surface area contributed by atoms with Gasteiger partial charge in [-0.3, -0.25) is 9.48 Å². The van der Waals surface area contributed by atoms with Crippen LogP contribution in [0.2, 0.25) is 0 Å². The van der Waals surface area contributed by atoms with Crippen LogP contribution in [0.15, 0.2) is 34.9 Å². The predicted molar refractivity (Wildman–Crippen MR) is 96.5 cm³/mol. The Morgan fingerprint density at radius 1 is 1.42 bits per heavy atom. The zero-order valence-electron chi connectivity index (χ0n) is 14.8. The number of rotatable bonds is 5. The molecule has 136 valence electrons. The first kappa shape index (κ1) is 16.7. The monoisotopic (exact) mass is 355 g/mol. The predicted octanol–water partition coefficient (Wildman–Crippen LogP) is 3.14. The minimum absolute atomic E-state index is 0.272. The molecule has 1 aliphatic rings. The van der Waals surface area contributed by atoms with E-state index in [1.54, 1.807) is 10.7 Å². The van der Waals surface area contributed by atoms with Crippen LogP contribution in [0.25, 0.3) is 10.9 Å².